The van der Waals surface area contributed by atoms with Crippen LogP contribution in [0.15, 0.2) is 58.5 Å². The second kappa shape index (κ2) is 8.91. The Bertz CT molecular complexity index is 1300. The minimum atomic E-state index is -0.353. The Labute approximate surface area is 187 Å². The number of H-pyrrole nitrogens is 1. The summed E-state index contributed by atoms with van der Waals surface area (Å²) >= 11 is 7.27. The summed E-state index contributed by atoms with van der Waals surface area (Å²) in [6, 6.07) is 13.5. The van der Waals surface area contributed by atoms with Crippen LogP contribution in [0.25, 0.3) is 10.9 Å². The highest BCUT2D eigenvalue weighted by atomic mass is 35.5. The highest BCUT2D eigenvalue weighted by Gasteiger charge is 2.19. The van der Waals surface area contributed by atoms with Crippen LogP contribution in [0.2, 0.25) is 5.02 Å². The Morgan fingerprint density at radius 2 is 1.94 bits per heavy atom. The number of para-hydroxylation sites is 1. The van der Waals surface area contributed by atoms with Gasteiger partial charge in [0.05, 0.1) is 22.7 Å². The van der Waals surface area contributed by atoms with Gasteiger partial charge in [0.25, 0.3) is 11.5 Å². The maximum atomic E-state index is 12.4. The Morgan fingerprint density at radius 1 is 1.19 bits per heavy atom. The van der Waals surface area contributed by atoms with Crippen molar-refractivity contribution in [2.75, 3.05) is 0 Å². The standard InChI is InChI=1S/C21H19ClN6O2S/c1-12(23-19(29)13-7-9-14(22)10-8-13)18-26-27-21(28(18)2)31-11-17-24-16-6-4-3-5-15(16)20(30)25-17/h3-10,12H,11H2,1-2H3,(H,23,29)(H,24,25,30)/t12-/m1/s1. The number of thioether (sulfide) groups is 1. The lowest BCUT2D eigenvalue weighted by molar-refractivity contribution is 0.0937. The van der Waals surface area contributed by atoms with Crippen molar-refractivity contribution in [3.05, 3.63) is 81.1 Å². The Hall–Kier alpha value is -3.17. The fraction of sp³-hybridized carbons (Fsp3) is 0.190. The first-order chi connectivity index (χ1) is 14.9. The number of hydrogen-bond donors (Lipinski definition) is 2. The second-order valence-corrected chi connectivity index (χ2v) is 8.30. The van der Waals surface area contributed by atoms with Crippen molar-refractivity contribution in [3.8, 4) is 0 Å². The van der Waals surface area contributed by atoms with Gasteiger partial charge in [0, 0.05) is 17.6 Å². The van der Waals surface area contributed by atoms with Crippen LogP contribution in [-0.2, 0) is 12.8 Å². The Balaban J connectivity index is 1.45. The normalized spacial score (nSPS) is 12.1. The predicted molar refractivity (Wildman–Crippen MR) is 120 cm³/mol. The first-order valence-corrected chi connectivity index (χ1v) is 10.8. The smallest absolute Gasteiger partial charge is 0.258 e. The highest BCUT2D eigenvalue weighted by molar-refractivity contribution is 7.98. The molecule has 2 heterocycles. The molecule has 10 heteroatoms. The second-order valence-electron chi connectivity index (χ2n) is 6.92. The van der Waals surface area contributed by atoms with Gasteiger partial charge in [-0.25, -0.2) is 4.98 Å². The van der Waals surface area contributed by atoms with Crippen LogP contribution >= 0.6 is 23.4 Å². The molecular weight excluding hydrogens is 436 g/mol. The van der Waals surface area contributed by atoms with Crippen LogP contribution in [0, 0.1) is 0 Å². The van der Waals surface area contributed by atoms with Crippen LogP contribution < -0.4 is 10.9 Å². The summed E-state index contributed by atoms with van der Waals surface area (Å²) < 4.78 is 1.82. The van der Waals surface area contributed by atoms with Crippen LogP contribution in [0.3, 0.4) is 0 Å². The molecule has 0 saturated carbocycles. The molecule has 8 nitrogen and oxygen atoms in total. The molecule has 1 atom stereocenters. The zero-order chi connectivity index (χ0) is 22.0. The third kappa shape index (κ3) is 4.62. The molecule has 0 aliphatic carbocycles. The van der Waals surface area contributed by atoms with Gasteiger partial charge in [-0.2, -0.15) is 0 Å². The molecule has 0 spiro atoms. The van der Waals surface area contributed by atoms with E-state index in [1.54, 1.807) is 30.3 Å². The highest BCUT2D eigenvalue weighted by Crippen LogP contribution is 2.22. The average molecular weight is 455 g/mol. The molecule has 158 valence electrons. The quantitative estimate of drug-likeness (QED) is 0.432. The number of fused-ring (bicyclic) bond motifs is 1. The molecule has 0 radical (unpaired) electrons. The summed E-state index contributed by atoms with van der Waals surface area (Å²) in [5.41, 5.74) is 0.997. The van der Waals surface area contributed by atoms with E-state index in [0.717, 1.165) is 0 Å². The zero-order valence-electron chi connectivity index (χ0n) is 16.8. The van der Waals surface area contributed by atoms with E-state index in [2.05, 4.69) is 25.5 Å². The molecular formula is C21H19ClN6O2S. The lowest BCUT2D eigenvalue weighted by Gasteiger charge is -2.13. The monoisotopic (exact) mass is 454 g/mol. The first-order valence-electron chi connectivity index (χ1n) is 9.49. The minimum absolute atomic E-state index is 0.168. The third-order valence-corrected chi connectivity index (χ3v) is 5.99. The number of nitrogens with one attached hydrogen (secondary N) is 2. The molecule has 0 aliphatic heterocycles. The number of nitrogens with zero attached hydrogens (tertiary/aromatic N) is 4. The van der Waals surface area contributed by atoms with Crippen LogP contribution in [-0.4, -0.2) is 30.6 Å². The van der Waals surface area contributed by atoms with Crippen LogP contribution in [0.1, 0.15) is 35.0 Å². The molecule has 4 aromatic rings. The van der Waals surface area contributed by atoms with Crippen molar-refractivity contribution in [3.63, 3.8) is 0 Å². The van der Waals surface area contributed by atoms with E-state index in [4.69, 9.17) is 11.6 Å². The Kier molecular flexibility index (Phi) is 6.06. The molecule has 0 unspecified atom stereocenters. The number of hydrogen-bond acceptors (Lipinski definition) is 6. The van der Waals surface area contributed by atoms with Crippen molar-refractivity contribution in [2.45, 2.75) is 23.9 Å². The molecule has 0 fully saturated rings. The van der Waals surface area contributed by atoms with Gasteiger partial charge >= 0.3 is 0 Å². The van der Waals surface area contributed by atoms with Crippen molar-refractivity contribution in [1.29, 1.82) is 0 Å². The summed E-state index contributed by atoms with van der Waals surface area (Å²) in [5, 5.41) is 13.1. The summed E-state index contributed by atoms with van der Waals surface area (Å²) in [4.78, 5) is 32.0. The largest absolute Gasteiger partial charge is 0.342 e. The number of carbonyl (C=O) groups excluding carboxylic acids is 1. The third-order valence-electron chi connectivity index (χ3n) is 4.71. The minimum Gasteiger partial charge on any atom is -0.342 e. The lowest BCUT2D eigenvalue weighted by Crippen LogP contribution is -2.28. The van der Waals surface area contributed by atoms with Crippen molar-refractivity contribution in [2.24, 2.45) is 7.05 Å². The number of rotatable bonds is 6. The summed E-state index contributed by atoms with van der Waals surface area (Å²) in [6.07, 6.45) is 0. The fourth-order valence-electron chi connectivity index (χ4n) is 3.11. The number of carbonyl (C=O) groups is 1. The van der Waals surface area contributed by atoms with Gasteiger partial charge < -0.3 is 14.9 Å². The van der Waals surface area contributed by atoms with E-state index < -0.39 is 0 Å². The van der Waals surface area contributed by atoms with Crippen LogP contribution in [0.4, 0.5) is 0 Å². The topological polar surface area (TPSA) is 106 Å². The van der Waals surface area contributed by atoms with E-state index in [9.17, 15) is 9.59 Å². The molecule has 1 amide bonds. The molecule has 2 aromatic heterocycles. The Morgan fingerprint density at radius 3 is 2.71 bits per heavy atom. The number of halogens is 1. The van der Waals surface area contributed by atoms with E-state index in [1.165, 1.54) is 11.8 Å². The molecule has 0 bridgehead atoms. The maximum absolute atomic E-state index is 12.4. The molecule has 0 saturated heterocycles. The lowest BCUT2D eigenvalue weighted by atomic mass is 10.2. The van der Waals surface area contributed by atoms with E-state index in [1.807, 2.05) is 36.7 Å². The first kappa shape index (κ1) is 21.1. The molecule has 31 heavy (non-hydrogen) atoms. The zero-order valence-corrected chi connectivity index (χ0v) is 18.4. The van der Waals surface area contributed by atoms with Gasteiger partial charge in [-0.1, -0.05) is 35.5 Å². The van der Waals surface area contributed by atoms with Gasteiger partial charge in [0.15, 0.2) is 11.0 Å². The van der Waals surface area contributed by atoms with Gasteiger partial charge in [-0.15, -0.1) is 10.2 Å². The van der Waals surface area contributed by atoms with Crippen molar-refractivity contribution < 1.29 is 4.79 Å². The predicted octanol–water partition coefficient (Wildman–Crippen LogP) is 3.49. The van der Waals surface area contributed by atoms with Gasteiger partial charge in [0.1, 0.15) is 5.82 Å². The van der Waals surface area contributed by atoms with E-state index >= 15 is 0 Å². The van der Waals surface area contributed by atoms with Crippen molar-refractivity contribution in [1.82, 2.24) is 30.0 Å². The van der Waals surface area contributed by atoms with Gasteiger partial charge in [-0.3, -0.25) is 9.59 Å². The number of aromatic amines is 1. The van der Waals surface area contributed by atoms with Gasteiger partial charge in [0.2, 0.25) is 0 Å². The molecule has 2 N–H and O–H groups in total. The molecule has 0 aliphatic rings. The van der Waals surface area contributed by atoms with Gasteiger partial charge in [-0.05, 0) is 43.3 Å². The van der Waals surface area contributed by atoms with Crippen LogP contribution in [0.5, 0.6) is 0 Å². The summed E-state index contributed by atoms with van der Waals surface area (Å²) in [7, 11) is 1.83. The average Bonchev–Trinajstić information content (AvgIpc) is 3.13. The summed E-state index contributed by atoms with van der Waals surface area (Å²) in [5.74, 6) is 1.38. The summed E-state index contributed by atoms with van der Waals surface area (Å²) in [6.45, 7) is 1.84. The SMILES string of the molecule is C[C@@H](NC(=O)c1ccc(Cl)cc1)c1nnc(SCc2nc3ccccc3c(=O)[nH]2)n1C. The number of amides is 1. The maximum Gasteiger partial charge on any atom is 0.258 e. The van der Waals surface area contributed by atoms with E-state index in [-0.39, 0.29) is 17.5 Å². The number of benzene rings is 2. The number of aromatic nitrogens is 5. The fourth-order valence-corrected chi connectivity index (χ4v) is 4.03. The molecule has 4 rings (SSSR count). The van der Waals surface area contributed by atoms with Crippen molar-refractivity contribution >= 4 is 40.2 Å². The molecule has 2 aromatic carbocycles. The van der Waals surface area contributed by atoms with E-state index in [0.29, 0.717) is 44.0 Å².